The number of carbonyl (C=O) groups excluding carboxylic acids is 2. The van der Waals surface area contributed by atoms with Crippen LogP contribution < -0.4 is 0 Å². The lowest BCUT2D eigenvalue weighted by molar-refractivity contribution is -0.146. The van der Waals surface area contributed by atoms with Gasteiger partial charge < -0.3 is 9.47 Å². The van der Waals surface area contributed by atoms with E-state index in [9.17, 15) is 9.59 Å². The topological polar surface area (TPSA) is 52.6 Å². The SMILES string of the molecule is CCOC(=O)C(=CC1(CC(C)C)C=CC=CC1)C(=O)OCC. The van der Waals surface area contributed by atoms with Gasteiger partial charge in [-0.25, -0.2) is 9.59 Å². The van der Waals surface area contributed by atoms with Gasteiger partial charge in [-0.3, -0.25) is 0 Å². The molecule has 0 aromatic heterocycles. The van der Waals surface area contributed by atoms with Crippen molar-refractivity contribution >= 4 is 11.9 Å². The maximum atomic E-state index is 12.1. The molecule has 122 valence electrons. The van der Waals surface area contributed by atoms with Gasteiger partial charge in [0.25, 0.3) is 0 Å². The second-order valence-corrected chi connectivity index (χ2v) is 5.82. The molecule has 0 bridgehead atoms. The third kappa shape index (κ3) is 5.17. The van der Waals surface area contributed by atoms with Crippen LogP contribution in [-0.2, 0) is 19.1 Å². The third-order valence-electron chi connectivity index (χ3n) is 3.38. The lowest BCUT2D eigenvalue weighted by Gasteiger charge is -2.30. The molecule has 0 spiro atoms. The number of hydrogen-bond donors (Lipinski definition) is 0. The van der Waals surface area contributed by atoms with Crippen LogP contribution in [0.2, 0.25) is 0 Å². The fourth-order valence-corrected chi connectivity index (χ4v) is 2.67. The summed E-state index contributed by atoms with van der Waals surface area (Å²) >= 11 is 0. The lowest BCUT2D eigenvalue weighted by atomic mass is 9.74. The molecule has 0 aromatic carbocycles. The van der Waals surface area contributed by atoms with Gasteiger partial charge in [-0.15, -0.1) is 0 Å². The Hall–Kier alpha value is -1.84. The van der Waals surface area contributed by atoms with Gasteiger partial charge in [0.1, 0.15) is 5.57 Å². The number of rotatable bonds is 7. The van der Waals surface area contributed by atoms with Crippen molar-refractivity contribution in [1.82, 2.24) is 0 Å². The van der Waals surface area contributed by atoms with Gasteiger partial charge in [0.15, 0.2) is 0 Å². The van der Waals surface area contributed by atoms with E-state index in [-0.39, 0.29) is 24.2 Å². The van der Waals surface area contributed by atoms with E-state index in [1.807, 2.05) is 24.3 Å². The van der Waals surface area contributed by atoms with Crippen LogP contribution in [0, 0.1) is 11.3 Å². The minimum Gasteiger partial charge on any atom is -0.462 e. The summed E-state index contributed by atoms with van der Waals surface area (Å²) in [7, 11) is 0. The molecule has 1 aliphatic carbocycles. The number of hydrogen-bond acceptors (Lipinski definition) is 4. The van der Waals surface area contributed by atoms with Crippen molar-refractivity contribution in [3.63, 3.8) is 0 Å². The van der Waals surface area contributed by atoms with Crippen LogP contribution in [0.1, 0.15) is 40.5 Å². The Bertz CT molecular complexity index is 465. The highest BCUT2D eigenvalue weighted by molar-refractivity contribution is 6.14. The molecular weight excluding hydrogens is 280 g/mol. The molecule has 0 N–H and O–H groups in total. The fourth-order valence-electron chi connectivity index (χ4n) is 2.67. The molecule has 0 amide bonds. The number of allylic oxidation sites excluding steroid dienone is 5. The first-order valence-corrected chi connectivity index (χ1v) is 7.85. The molecule has 1 unspecified atom stereocenters. The Kier molecular flexibility index (Phi) is 7.09. The second-order valence-electron chi connectivity index (χ2n) is 5.82. The molecule has 0 aliphatic heterocycles. The van der Waals surface area contributed by atoms with Crippen LogP contribution in [0.25, 0.3) is 0 Å². The molecule has 0 radical (unpaired) electrons. The van der Waals surface area contributed by atoms with Gasteiger partial charge in [0.2, 0.25) is 0 Å². The Morgan fingerprint density at radius 3 is 2.14 bits per heavy atom. The highest BCUT2D eigenvalue weighted by Crippen LogP contribution is 2.37. The Labute approximate surface area is 132 Å². The summed E-state index contributed by atoms with van der Waals surface area (Å²) in [5.74, 6) is -0.808. The largest absolute Gasteiger partial charge is 0.462 e. The summed E-state index contributed by atoms with van der Waals surface area (Å²) in [6.07, 6.45) is 11.3. The lowest BCUT2D eigenvalue weighted by Crippen LogP contribution is -2.25. The van der Waals surface area contributed by atoms with Crippen LogP contribution in [0.15, 0.2) is 36.0 Å². The van der Waals surface area contributed by atoms with E-state index in [4.69, 9.17) is 9.47 Å². The van der Waals surface area contributed by atoms with E-state index < -0.39 is 11.9 Å². The average molecular weight is 306 g/mol. The van der Waals surface area contributed by atoms with Gasteiger partial charge in [0, 0.05) is 5.41 Å². The van der Waals surface area contributed by atoms with E-state index in [2.05, 4.69) is 13.8 Å². The second kappa shape index (κ2) is 8.57. The van der Waals surface area contributed by atoms with Crippen molar-refractivity contribution in [3.8, 4) is 0 Å². The molecule has 0 saturated carbocycles. The number of esters is 2. The highest BCUT2D eigenvalue weighted by atomic mass is 16.6. The monoisotopic (exact) mass is 306 g/mol. The average Bonchev–Trinajstić information content (AvgIpc) is 2.45. The zero-order valence-electron chi connectivity index (χ0n) is 13.9. The summed E-state index contributed by atoms with van der Waals surface area (Å²) in [6.45, 7) is 8.12. The normalized spacial score (nSPS) is 19.9. The quantitative estimate of drug-likeness (QED) is 0.312. The minimum atomic E-state index is -0.618. The number of ether oxygens (including phenoxy) is 2. The first-order chi connectivity index (χ1) is 10.4. The molecule has 0 fully saturated rings. The smallest absolute Gasteiger partial charge is 0.345 e. The maximum absolute atomic E-state index is 12.1. The van der Waals surface area contributed by atoms with Crippen LogP contribution in [-0.4, -0.2) is 25.2 Å². The van der Waals surface area contributed by atoms with Crippen LogP contribution in [0.3, 0.4) is 0 Å². The van der Waals surface area contributed by atoms with Crippen molar-refractivity contribution in [2.75, 3.05) is 13.2 Å². The molecule has 1 atom stereocenters. The Morgan fingerprint density at radius 2 is 1.73 bits per heavy atom. The predicted molar refractivity (Wildman–Crippen MR) is 86.1 cm³/mol. The number of carbonyl (C=O) groups is 2. The predicted octanol–water partition coefficient (Wildman–Crippen LogP) is 3.59. The van der Waals surface area contributed by atoms with E-state index in [1.54, 1.807) is 19.9 Å². The molecule has 4 nitrogen and oxygen atoms in total. The Balaban J connectivity index is 3.19. The van der Waals surface area contributed by atoms with E-state index >= 15 is 0 Å². The zero-order chi connectivity index (χ0) is 16.6. The van der Waals surface area contributed by atoms with Gasteiger partial charge >= 0.3 is 11.9 Å². The summed E-state index contributed by atoms with van der Waals surface area (Å²) in [5, 5.41) is 0. The fraction of sp³-hybridized carbons (Fsp3) is 0.556. The van der Waals surface area contributed by atoms with E-state index in [0.717, 1.165) is 12.8 Å². The standard InChI is InChI=1S/C18H26O4/c1-5-21-16(19)15(17(20)22-6-2)13-18(12-14(3)4)10-8-7-9-11-18/h7-10,13-14H,5-6,11-12H2,1-4H3. The maximum Gasteiger partial charge on any atom is 0.345 e. The molecule has 4 heteroatoms. The minimum absolute atomic E-state index is 0.00991. The van der Waals surface area contributed by atoms with Crippen LogP contribution >= 0.6 is 0 Å². The van der Waals surface area contributed by atoms with Crippen molar-refractivity contribution in [1.29, 1.82) is 0 Å². The van der Waals surface area contributed by atoms with Gasteiger partial charge in [-0.2, -0.15) is 0 Å². The summed E-state index contributed by atoms with van der Waals surface area (Å²) in [5.41, 5.74) is -0.359. The van der Waals surface area contributed by atoms with E-state index in [0.29, 0.717) is 5.92 Å². The molecule has 0 saturated heterocycles. The van der Waals surface area contributed by atoms with Crippen molar-refractivity contribution in [2.24, 2.45) is 11.3 Å². The van der Waals surface area contributed by atoms with E-state index in [1.165, 1.54) is 0 Å². The summed E-state index contributed by atoms with van der Waals surface area (Å²) < 4.78 is 10.0. The third-order valence-corrected chi connectivity index (χ3v) is 3.38. The molecule has 22 heavy (non-hydrogen) atoms. The van der Waals surface area contributed by atoms with Crippen molar-refractivity contribution < 1.29 is 19.1 Å². The van der Waals surface area contributed by atoms with Gasteiger partial charge in [-0.1, -0.05) is 44.2 Å². The van der Waals surface area contributed by atoms with Crippen LogP contribution in [0.5, 0.6) is 0 Å². The Morgan fingerprint density at radius 1 is 1.14 bits per heavy atom. The first-order valence-electron chi connectivity index (χ1n) is 7.85. The van der Waals surface area contributed by atoms with Gasteiger partial charge in [0.05, 0.1) is 13.2 Å². The van der Waals surface area contributed by atoms with Crippen molar-refractivity contribution in [2.45, 2.75) is 40.5 Å². The van der Waals surface area contributed by atoms with Crippen LogP contribution in [0.4, 0.5) is 0 Å². The van der Waals surface area contributed by atoms with Crippen molar-refractivity contribution in [3.05, 3.63) is 36.0 Å². The molecule has 1 rings (SSSR count). The molecule has 0 aromatic rings. The summed E-state index contributed by atoms with van der Waals surface area (Å²) in [6, 6.07) is 0. The summed E-state index contributed by atoms with van der Waals surface area (Å²) in [4.78, 5) is 24.3. The molecule has 0 heterocycles. The zero-order valence-corrected chi connectivity index (χ0v) is 13.9. The first kappa shape index (κ1) is 18.2. The molecule has 1 aliphatic rings. The molecular formula is C18H26O4. The highest BCUT2D eigenvalue weighted by Gasteiger charge is 2.31. The van der Waals surface area contributed by atoms with Gasteiger partial charge in [-0.05, 0) is 32.6 Å².